The van der Waals surface area contributed by atoms with E-state index < -0.39 is 0 Å². The van der Waals surface area contributed by atoms with Gasteiger partial charge in [-0.2, -0.15) is 10.2 Å². The fourth-order valence-electron chi connectivity index (χ4n) is 4.49. The van der Waals surface area contributed by atoms with Gasteiger partial charge in [0.1, 0.15) is 11.4 Å². The van der Waals surface area contributed by atoms with Gasteiger partial charge in [-0.1, -0.05) is 17.4 Å². The monoisotopic (exact) mass is 508 g/mol. The molecule has 4 aromatic rings. The molecule has 0 spiro atoms. The molecule has 1 saturated heterocycles. The van der Waals surface area contributed by atoms with Crippen molar-refractivity contribution in [3.05, 3.63) is 46.7 Å². The fourth-order valence-corrected chi connectivity index (χ4v) is 5.20. The Morgan fingerprint density at radius 1 is 1.25 bits per heavy atom. The number of carbonyl (C=O) groups is 2. The molecule has 1 fully saturated rings. The van der Waals surface area contributed by atoms with Crippen LogP contribution in [0.3, 0.4) is 0 Å². The van der Waals surface area contributed by atoms with E-state index in [0.717, 1.165) is 47.1 Å². The summed E-state index contributed by atoms with van der Waals surface area (Å²) in [5.41, 5.74) is 3.39. The molecule has 1 atom stereocenters. The first-order valence-electron chi connectivity index (χ1n) is 11.7. The summed E-state index contributed by atoms with van der Waals surface area (Å²) >= 11 is 1.23. The first kappa shape index (κ1) is 23.9. The second-order valence-corrected chi connectivity index (χ2v) is 9.92. The number of amides is 2. The van der Waals surface area contributed by atoms with Gasteiger partial charge < -0.3 is 20.3 Å². The molecule has 1 aromatic carbocycles. The molecule has 1 aliphatic heterocycles. The summed E-state index contributed by atoms with van der Waals surface area (Å²) in [6, 6.07) is 3.99. The lowest BCUT2D eigenvalue weighted by Crippen LogP contribution is -2.40. The number of thiazole rings is 1. The number of H-pyrrole nitrogens is 1. The van der Waals surface area contributed by atoms with Gasteiger partial charge in [0.2, 0.25) is 5.91 Å². The second-order valence-electron chi connectivity index (χ2n) is 8.89. The zero-order chi connectivity index (χ0) is 25.2. The first-order valence-corrected chi connectivity index (χ1v) is 12.5. The molecular formula is C24H28N8O3S. The number of aromatic amines is 1. The van der Waals surface area contributed by atoms with Crippen molar-refractivity contribution in [3.8, 4) is 0 Å². The molecule has 188 valence electrons. The number of nitrogens with zero attached hydrogens (tertiary/aromatic N) is 5. The van der Waals surface area contributed by atoms with Crippen LogP contribution in [0.25, 0.3) is 10.9 Å². The smallest absolute Gasteiger partial charge is 0.267 e. The standard InChI is InChI=1S/C24H28N8O3S/c1-14-6-7-18-17(9-26-29-18)21(14)27-23(34)19-10-25-24(36-19)28-22-15(2)11-31(30-22)12-20(33)32-8-4-5-16(32)13-35-3/h6-7,9-11,16H,4-5,8,12-13H2,1-3H3,(H,26,29)(H,27,34)(H,25,28,30)/t16-/m0/s1. The predicted octanol–water partition coefficient (Wildman–Crippen LogP) is 3.47. The predicted molar refractivity (Wildman–Crippen MR) is 138 cm³/mol. The molecule has 0 unspecified atom stereocenters. The summed E-state index contributed by atoms with van der Waals surface area (Å²) in [7, 11) is 1.66. The Hall–Kier alpha value is -3.77. The highest BCUT2D eigenvalue weighted by Crippen LogP contribution is 2.28. The number of hydrogen-bond acceptors (Lipinski definition) is 8. The van der Waals surface area contributed by atoms with Crippen molar-refractivity contribution in [2.75, 3.05) is 30.9 Å². The number of ether oxygens (including phenoxy) is 1. The zero-order valence-corrected chi connectivity index (χ0v) is 21.2. The van der Waals surface area contributed by atoms with Crippen LogP contribution in [0, 0.1) is 13.8 Å². The molecule has 4 heterocycles. The van der Waals surface area contributed by atoms with E-state index in [1.54, 1.807) is 18.0 Å². The van der Waals surface area contributed by atoms with Crippen LogP contribution < -0.4 is 10.6 Å². The van der Waals surface area contributed by atoms with E-state index >= 15 is 0 Å². The average molecular weight is 509 g/mol. The summed E-state index contributed by atoms with van der Waals surface area (Å²) < 4.78 is 6.89. The number of nitrogens with one attached hydrogen (secondary N) is 3. The second kappa shape index (κ2) is 10.1. The normalized spacial score (nSPS) is 15.5. The number of hydrogen-bond donors (Lipinski definition) is 3. The summed E-state index contributed by atoms with van der Waals surface area (Å²) in [5, 5.41) is 19.1. The van der Waals surface area contributed by atoms with E-state index in [4.69, 9.17) is 4.74 Å². The number of likely N-dealkylation sites (tertiary alicyclic amines) is 1. The van der Waals surface area contributed by atoms with Gasteiger partial charge in [0.05, 0.1) is 36.2 Å². The third-order valence-corrected chi connectivity index (χ3v) is 7.24. The molecule has 3 aromatic heterocycles. The van der Waals surface area contributed by atoms with E-state index in [1.165, 1.54) is 17.5 Å². The van der Waals surface area contributed by atoms with Gasteiger partial charge >= 0.3 is 0 Å². The van der Waals surface area contributed by atoms with Crippen molar-refractivity contribution in [3.63, 3.8) is 0 Å². The lowest BCUT2D eigenvalue weighted by atomic mass is 10.1. The molecule has 1 aliphatic rings. The van der Waals surface area contributed by atoms with E-state index in [1.807, 2.05) is 37.1 Å². The Morgan fingerprint density at radius 2 is 2.11 bits per heavy atom. The maximum Gasteiger partial charge on any atom is 0.267 e. The minimum absolute atomic E-state index is 0.0275. The number of aromatic nitrogens is 5. The average Bonchev–Trinajstić information content (AvgIpc) is 3.64. The van der Waals surface area contributed by atoms with E-state index in [9.17, 15) is 9.59 Å². The molecule has 5 rings (SSSR count). The highest BCUT2D eigenvalue weighted by atomic mass is 32.1. The van der Waals surface area contributed by atoms with Gasteiger partial charge in [-0.05, 0) is 38.3 Å². The van der Waals surface area contributed by atoms with Crippen LogP contribution in [0.2, 0.25) is 0 Å². The van der Waals surface area contributed by atoms with Gasteiger partial charge in [-0.15, -0.1) is 0 Å². The highest BCUT2D eigenvalue weighted by molar-refractivity contribution is 7.17. The molecule has 2 amide bonds. The number of aryl methyl sites for hydroxylation is 2. The lowest BCUT2D eigenvalue weighted by molar-refractivity contribution is -0.133. The van der Waals surface area contributed by atoms with E-state index in [0.29, 0.717) is 22.4 Å². The number of carbonyl (C=O) groups excluding carboxylic acids is 2. The summed E-state index contributed by atoms with van der Waals surface area (Å²) in [5.74, 6) is 0.374. The quantitative estimate of drug-likeness (QED) is 0.332. The Labute approximate surface area is 211 Å². The highest BCUT2D eigenvalue weighted by Gasteiger charge is 2.28. The summed E-state index contributed by atoms with van der Waals surface area (Å²) in [6.07, 6.45) is 7.01. The minimum Gasteiger partial charge on any atom is -0.383 e. The topological polar surface area (TPSA) is 130 Å². The van der Waals surface area contributed by atoms with E-state index in [-0.39, 0.29) is 24.4 Å². The van der Waals surface area contributed by atoms with Crippen LogP contribution in [0.15, 0.2) is 30.7 Å². The van der Waals surface area contributed by atoms with Crippen molar-refractivity contribution < 1.29 is 14.3 Å². The fraction of sp³-hybridized carbons (Fsp3) is 0.375. The number of fused-ring (bicyclic) bond motifs is 1. The number of methoxy groups -OCH3 is 1. The molecule has 3 N–H and O–H groups in total. The van der Waals surface area contributed by atoms with Gasteiger partial charge in [-0.3, -0.25) is 19.4 Å². The van der Waals surface area contributed by atoms with Crippen LogP contribution in [-0.4, -0.2) is 68.0 Å². The van der Waals surface area contributed by atoms with Crippen molar-refractivity contribution in [1.29, 1.82) is 0 Å². The van der Waals surface area contributed by atoms with Crippen molar-refractivity contribution in [2.24, 2.45) is 0 Å². The molecule has 0 aliphatic carbocycles. The Balaban J connectivity index is 1.24. The molecule has 0 radical (unpaired) electrons. The van der Waals surface area contributed by atoms with Gasteiger partial charge in [0.25, 0.3) is 5.91 Å². The SMILES string of the molecule is COC[C@@H]1CCCN1C(=O)Cn1cc(C)c(Nc2ncc(C(=O)Nc3c(C)ccc4[nH]ncc34)s2)n1. The van der Waals surface area contributed by atoms with Crippen molar-refractivity contribution in [2.45, 2.75) is 39.3 Å². The first-order chi connectivity index (χ1) is 17.4. The van der Waals surface area contributed by atoms with Crippen LogP contribution in [-0.2, 0) is 16.1 Å². The van der Waals surface area contributed by atoms with Gasteiger partial charge in [-0.25, -0.2) is 4.98 Å². The molecule has 0 saturated carbocycles. The molecule has 0 bridgehead atoms. The Morgan fingerprint density at radius 3 is 2.94 bits per heavy atom. The third-order valence-electron chi connectivity index (χ3n) is 6.32. The minimum atomic E-state index is -0.249. The maximum absolute atomic E-state index is 12.9. The third kappa shape index (κ3) is 4.82. The van der Waals surface area contributed by atoms with Crippen LogP contribution in [0.1, 0.15) is 33.6 Å². The molecular weight excluding hydrogens is 480 g/mol. The van der Waals surface area contributed by atoms with Crippen LogP contribution in [0.4, 0.5) is 16.6 Å². The lowest BCUT2D eigenvalue weighted by Gasteiger charge is -2.24. The van der Waals surface area contributed by atoms with Gasteiger partial charge in [0, 0.05) is 30.8 Å². The number of rotatable bonds is 8. The van der Waals surface area contributed by atoms with Gasteiger partial charge in [0.15, 0.2) is 10.9 Å². The van der Waals surface area contributed by atoms with Crippen LogP contribution in [0.5, 0.6) is 0 Å². The Bertz CT molecular complexity index is 1410. The number of anilines is 3. The molecule has 11 nitrogen and oxygen atoms in total. The maximum atomic E-state index is 12.9. The van der Waals surface area contributed by atoms with E-state index in [2.05, 4.69) is 30.9 Å². The molecule has 36 heavy (non-hydrogen) atoms. The van der Waals surface area contributed by atoms with Crippen molar-refractivity contribution in [1.82, 2.24) is 29.9 Å². The largest absolute Gasteiger partial charge is 0.383 e. The number of benzene rings is 1. The Kier molecular flexibility index (Phi) is 6.70. The molecule has 12 heteroatoms. The summed E-state index contributed by atoms with van der Waals surface area (Å²) in [4.78, 5) is 32.4. The zero-order valence-electron chi connectivity index (χ0n) is 20.4. The summed E-state index contributed by atoms with van der Waals surface area (Å²) in [6.45, 7) is 5.31. The van der Waals surface area contributed by atoms with Crippen molar-refractivity contribution >= 4 is 50.7 Å². The van der Waals surface area contributed by atoms with Crippen LogP contribution >= 0.6 is 11.3 Å².